The summed E-state index contributed by atoms with van der Waals surface area (Å²) in [7, 11) is -2.67. The summed E-state index contributed by atoms with van der Waals surface area (Å²) in [6, 6.07) is 28.1. The highest BCUT2D eigenvalue weighted by Crippen LogP contribution is 2.29. The molecule has 0 aliphatic rings. The highest BCUT2D eigenvalue weighted by Gasteiger charge is 2.34. The third-order valence-electron chi connectivity index (χ3n) is 6.82. The van der Waals surface area contributed by atoms with Crippen LogP contribution in [0, 0.1) is 6.92 Å². The minimum Gasteiger partial charge on any atom is -0.357 e. The average Bonchev–Trinajstić information content (AvgIpc) is 2.99. The van der Waals surface area contributed by atoms with E-state index in [0.717, 1.165) is 15.4 Å². The Morgan fingerprint density at radius 3 is 2.00 bits per heavy atom. The number of aryl methyl sites for hydroxylation is 1. The van der Waals surface area contributed by atoms with Crippen LogP contribution in [-0.2, 0) is 32.6 Å². The molecule has 0 fully saturated rings. The highest BCUT2D eigenvalue weighted by molar-refractivity contribution is 7.92. The van der Waals surface area contributed by atoms with Crippen molar-refractivity contribution < 1.29 is 18.0 Å². The maximum atomic E-state index is 14.3. The summed E-state index contributed by atoms with van der Waals surface area (Å²) in [5.41, 5.74) is 2.46. The molecule has 4 rings (SSSR count). The van der Waals surface area contributed by atoms with Gasteiger partial charge in [-0.25, -0.2) is 8.42 Å². The van der Waals surface area contributed by atoms with Crippen molar-refractivity contribution in [3.05, 3.63) is 130 Å². The third-order valence-corrected chi connectivity index (χ3v) is 9.08. The largest absolute Gasteiger partial charge is 0.357 e. The molecule has 0 bridgehead atoms. The van der Waals surface area contributed by atoms with Gasteiger partial charge in [-0.15, -0.1) is 0 Å². The zero-order chi connectivity index (χ0) is 30.3. The summed E-state index contributed by atoms with van der Waals surface area (Å²) in [6.07, 6.45) is 0.227. The number of rotatable bonds is 11. The quantitative estimate of drug-likeness (QED) is 0.226. The molecule has 10 heteroatoms. The number of amides is 2. The Hall–Kier alpha value is -3.85. The van der Waals surface area contributed by atoms with Gasteiger partial charge in [-0.2, -0.15) is 0 Å². The van der Waals surface area contributed by atoms with Gasteiger partial charge in [0.05, 0.1) is 10.6 Å². The fraction of sp³-hybridized carbons (Fsp3) is 0.188. The normalized spacial score (nSPS) is 11.9. The van der Waals surface area contributed by atoms with E-state index in [0.29, 0.717) is 21.3 Å². The van der Waals surface area contributed by atoms with Crippen LogP contribution in [0.3, 0.4) is 0 Å². The Bertz CT molecular complexity index is 1630. The molecule has 0 saturated heterocycles. The Labute approximate surface area is 256 Å². The fourth-order valence-electron chi connectivity index (χ4n) is 4.64. The molecule has 0 aliphatic carbocycles. The van der Waals surface area contributed by atoms with Crippen LogP contribution in [0.15, 0.2) is 108 Å². The molecule has 4 aromatic rings. The van der Waals surface area contributed by atoms with Crippen molar-refractivity contribution in [2.75, 3.05) is 17.9 Å². The van der Waals surface area contributed by atoms with Crippen LogP contribution in [0.1, 0.15) is 16.7 Å². The van der Waals surface area contributed by atoms with Crippen LogP contribution in [0.25, 0.3) is 0 Å². The lowest BCUT2D eigenvalue weighted by atomic mass is 10.0. The van der Waals surface area contributed by atoms with Crippen molar-refractivity contribution >= 4 is 50.7 Å². The lowest BCUT2D eigenvalue weighted by molar-refractivity contribution is -0.139. The topological polar surface area (TPSA) is 86.8 Å². The van der Waals surface area contributed by atoms with Crippen LogP contribution in [0.5, 0.6) is 0 Å². The van der Waals surface area contributed by atoms with Crippen molar-refractivity contribution in [2.45, 2.75) is 30.8 Å². The van der Waals surface area contributed by atoms with Crippen molar-refractivity contribution in [1.82, 2.24) is 10.2 Å². The van der Waals surface area contributed by atoms with Gasteiger partial charge in [0, 0.05) is 30.1 Å². The summed E-state index contributed by atoms with van der Waals surface area (Å²) in [6.45, 7) is 1.24. The molecular formula is C32H31Cl2N3O4S. The number of hydrogen-bond donors (Lipinski definition) is 1. The molecule has 1 N–H and O–H groups in total. The van der Waals surface area contributed by atoms with Gasteiger partial charge in [-0.1, -0.05) is 83.9 Å². The molecule has 2 amide bonds. The van der Waals surface area contributed by atoms with Crippen molar-refractivity contribution in [3.8, 4) is 0 Å². The lowest BCUT2D eigenvalue weighted by Crippen LogP contribution is -2.53. The molecule has 0 aliphatic heterocycles. The Balaban J connectivity index is 1.80. The molecule has 0 aromatic heterocycles. The number of halogens is 2. The first-order chi connectivity index (χ1) is 20.1. The molecule has 0 heterocycles. The van der Waals surface area contributed by atoms with Gasteiger partial charge in [0.25, 0.3) is 10.0 Å². The maximum Gasteiger partial charge on any atom is 0.264 e. The van der Waals surface area contributed by atoms with Crippen LogP contribution in [-0.4, -0.2) is 44.8 Å². The predicted octanol–water partition coefficient (Wildman–Crippen LogP) is 5.88. The van der Waals surface area contributed by atoms with Crippen LogP contribution < -0.4 is 9.62 Å². The van der Waals surface area contributed by atoms with Crippen molar-refractivity contribution in [2.24, 2.45) is 0 Å². The summed E-state index contributed by atoms with van der Waals surface area (Å²) in [5, 5.41) is 3.64. The molecule has 218 valence electrons. The second-order valence-electron chi connectivity index (χ2n) is 9.72. The van der Waals surface area contributed by atoms with Crippen LogP contribution in [0.2, 0.25) is 10.0 Å². The molecule has 0 spiro atoms. The van der Waals surface area contributed by atoms with Crippen LogP contribution in [0.4, 0.5) is 5.69 Å². The second kappa shape index (κ2) is 13.9. The summed E-state index contributed by atoms with van der Waals surface area (Å²) in [5.74, 6) is -0.926. The number of hydrogen-bond acceptors (Lipinski definition) is 4. The van der Waals surface area contributed by atoms with Gasteiger partial charge in [-0.05, 0) is 66.1 Å². The number of nitrogens with one attached hydrogen (secondary N) is 1. The SMILES string of the molecule is CNC(=O)[C@@H](Cc1ccccc1)N(Cc1ccc(Cl)cc1)C(=O)CN(c1ccc(Cl)cc1C)S(=O)(=O)c1ccccc1. The molecule has 7 nitrogen and oxygen atoms in total. The molecule has 0 radical (unpaired) electrons. The minimum absolute atomic E-state index is 0.0311. The van der Waals surface area contributed by atoms with Crippen molar-refractivity contribution in [1.29, 1.82) is 0 Å². The minimum atomic E-state index is -4.18. The van der Waals surface area contributed by atoms with Gasteiger partial charge in [0.15, 0.2) is 0 Å². The van der Waals surface area contributed by atoms with Crippen LogP contribution >= 0.6 is 23.2 Å². The number of benzene rings is 4. The summed E-state index contributed by atoms with van der Waals surface area (Å²) < 4.78 is 29.1. The first-order valence-electron chi connectivity index (χ1n) is 13.2. The van der Waals surface area contributed by atoms with E-state index in [4.69, 9.17) is 23.2 Å². The Morgan fingerprint density at radius 2 is 1.40 bits per heavy atom. The Morgan fingerprint density at radius 1 is 0.810 bits per heavy atom. The second-order valence-corrected chi connectivity index (χ2v) is 12.5. The van der Waals surface area contributed by atoms with Gasteiger partial charge in [0.2, 0.25) is 11.8 Å². The standard InChI is InChI=1S/C32H31Cl2N3O4S/c1-23-19-27(34)17-18-29(23)37(42(40,41)28-11-7-4-8-12-28)22-31(38)36(21-25-13-15-26(33)16-14-25)30(32(39)35-2)20-24-9-5-3-6-10-24/h3-19,30H,20-22H2,1-2H3,(H,35,39)/t30-/m1/s1. The van der Waals surface area contributed by atoms with E-state index >= 15 is 0 Å². The molecule has 1 atom stereocenters. The van der Waals surface area contributed by atoms with E-state index < -0.39 is 28.5 Å². The number of carbonyl (C=O) groups is 2. The van der Waals surface area contributed by atoms with E-state index in [2.05, 4.69) is 5.32 Å². The third kappa shape index (κ3) is 7.50. The average molecular weight is 625 g/mol. The Kier molecular flexibility index (Phi) is 10.3. The van der Waals surface area contributed by atoms with E-state index in [1.54, 1.807) is 67.6 Å². The highest BCUT2D eigenvalue weighted by atomic mass is 35.5. The van der Waals surface area contributed by atoms with E-state index in [9.17, 15) is 18.0 Å². The molecule has 42 heavy (non-hydrogen) atoms. The monoisotopic (exact) mass is 623 g/mol. The molecule has 0 unspecified atom stereocenters. The first kappa shape index (κ1) is 31.1. The van der Waals surface area contributed by atoms with Gasteiger partial charge in [-0.3, -0.25) is 13.9 Å². The summed E-state index contributed by atoms with van der Waals surface area (Å²) >= 11 is 12.3. The number of carbonyl (C=O) groups excluding carboxylic acids is 2. The fourth-order valence-corrected chi connectivity index (χ4v) is 6.49. The number of likely N-dealkylation sites (N-methyl/N-ethyl adjacent to an activating group) is 1. The lowest BCUT2D eigenvalue weighted by Gasteiger charge is -2.34. The van der Waals surface area contributed by atoms with Crippen molar-refractivity contribution in [3.63, 3.8) is 0 Å². The molecule has 0 saturated carbocycles. The van der Waals surface area contributed by atoms with Gasteiger partial charge in [0.1, 0.15) is 12.6 Å². The van der Waals surface area contributed by atoms with E-state index in [1.807, 2.05) is 30.3 Å². The van der Waals surface area contributed by atoms with Gasteiger partial charge >= 0.3 is 0 Å². The zero-order valence-corrected chi connectivity index (χ0v) is 25.5. The van der Waals surface area contributed by atoms with E-state index in [1.165, 1.54) is 24.1 Å². The number of nitrogens with zero attached hydrogens (tertiary/aromatic N) is 2. The van der Waals surface area contributed by atoms with E-state index in [-0.39, 0.29) is 23.8 Å². The number of sulfonamides is 1. The maximum absolute atomic E-state index is 14.3. The van der Waals surface area contributed by atoms with Gasteiger partial charge < -0.3 is 10.2 Å². The molecular weight excluding hydrogens is 593 g/mol. The smallest absolute Gasteiger partial charge is 0.264 e. The first-order valence-corrected chi connectivity index (χ1v) is 15.4. The molecule has 4 aromatic carbocycles. The number of anilines is 1. The zero-order valence-electron chi connectivity index (χ0n) is 23.2. The predicted molar refractivity (Wildman–Crippen MR) is 167 cm³/mol. The summed E-state index contributed by atoms with van der Waals surface area (Å²) in [4.78, 5) is 29.0.